The fourth-order valence-electron chi connectivity index (χ4n) is 1.38. The van der Waals surface area contributed by atoms with Crippen molar-refractivity contribution in [1.29, 1.82) is 0 Å². The number of benzene rings is 1. The van der Waals surface area contributed by atoms with Gasteiger partial charge in [0.05, 0.1) is 0 Å². The van der Waals surface area contributed by atoms with Crippen LogP contribution in [0.3, 0.4) is 0 Å². The van der Waals surface area contributed by atoms with Crippen LogP contribution in [0.4, 0.5) is 10.6 Å². The average Bonchev–Trinajstić information content (AvgIpc) is 2.42. The Labute approximate surface area is 118 Å². The Balaban J connectivity index is 1.93. The summed E-state index contributed by atoms with van der Waals surface area (Å²) >= 11 is 3.15. The topological polar surface area (TPSA) is 71.5 Å². The first kappa shape index (κ1) is 13.4. The number of rotatable bonds is 3. The first-order valence-corrected chi connectivity index (χ1v) is 6.27. The lowest BCUT2D eigenvalue weighted by atomic mass is 10.2. The van der Waals surface area contributed by atoms with Gasteiger partial charge in [-0.05, 0) is 33.6 Å². The zero-order chi connectivity index (χ0) is 13.7. The van der Waals surface area contributed by atoms with Crippen molar-refractivity contribution in [2.24, 2.45) is 0 Å². The van der Waals surface area contributed by atoms with E-state index in [4.69, 9.17) is 4.74 Å². The van der Waals surface area contributed by atoms with Crippen LogP contribution in [-0.4, -0.2) is 16.2 Å². The third-order valence-electron chi connectivity index (χ3n) is 2.27. The number of amides is 1. The third kappa shape index (κ3) is 3.96. The summed E-state index contributed by atoms with van der Waals surface area (Å²) in [5.74, 6) is -0.0766. The lowest BCUT2D eigenvalue weighted by Gasteiger charge is -2.07. The number of pyridine rings is 1. The van der Waals surface area contributed by atoms with E-state index in [1.54, 1.807) is 6.07 Å². The van der Waals surface area contributed by atoms with Crippen molar-refractivity contribution in [2.75, 3.05) is 5.32 Å². The molecule has 0 atom stereocenters. The summed E-state index contributed by atoms with van der Waals surface area (Å²) in [5.41, 5.74) is 0.879. The van der Waals surface area contributed by atoms with Crippen LogP contribution >= 0.6 is 15.9 Å². The van der Waals surface area contributed by atoms with Gasteiger partial charge in [0, 0.05) is 0 Å². The van der Waals surface area contributed by atoms with Gasteiger partial charge in [0.1, 0.15) is 11.2 Å². The molecule has 0 spiro atoms. The van der Waals surface area contributed by atoms with E-state index in [0.717, 1.165) is 5.56 Å². The quantitative estimate of drug-likeness (QED) is 0.850. The number of hydrogen-bond acceptors (Lipinski definition) is 4. The number of hydrogen-bond donors (Lipinski definition) is 2. The van der Waals surface area contributed by atoms with Crippen LogP contribution in [-0.2, 0) is 11.3 Å². The molecule has 0 aliphatic rings. The molecular formula is C13H11BrN2O3. The van der Waals surface area contributed by atoms with Crippen molar-refractivity contribution in [1.82, 2.24) is 4.98 Å². The maximum atomic E-state index is 11.5. The number of anilines is 1. The van der Waals surface area contributed by atoms with Crippen LogP contribution < -0.4 is 5.32 Å². The van der Waals surface area contributed by atoms with Gasteiger partial charge in [-0.25, -0.2) is 9.78 Å². The molecule has 1 amide bonds. The minimum atomic E-state index is -0.676. The molecule has 1 aromatic carbocycles. The van der Waals surface area contributed by atoms with Crippen molar-refractivity contribution >= 4 is 27.8 Å². The van der Waals surface area contributed by atoms with Gasteiger partial charge < -0.3 is 9.84 Å². The predicted molar refractivity (Wildman–Crippen MR) is 73.9 cm³/mol. The number of nitrogens with one attached hydrogen (secondary N) is 1. The molecule has 2 rings (SSSR count). The van der Waals surface area contributed by atoms with E-state index in [9.17, 15) is 9.90 Å². The van der Waals surface area contributed by atoms with Crippen LogP contribution in [0.1, 0.15) is 5.56 Å². The Kier molecular flexibility index (Phi) is 4.35. The Bertz CT molecular complexity index is 575. The molecular weight excluding hydrogens is 312 g/mol. The second-order valence-corrected chi connectivity index (χ2v) is 4.50. The number of aromatic hydroxyl groups is 1. The number of nitrogens with zero attached hydrogens (tertiary/aromatic N) is 1. The smallest absolute Gasteiger partial charge is 0.413 e. The van der Waals surface area contributed by atoms with E-state index in [0.29, 0.717) is 4.60 Å². The lowest BCUT2D eigenvalue weighted by Crippen LogP contribution is -2.14. The standard InChI is InChI=1S/C13H11BrN2O3/c14-11-7-6-10(17)12(15-11)16-13(18)19-8-9-4-2-1-3-5-9/h1-7,17H,8H2,(H,15,16,18). The monoisotopic (exact) mass is 322 g/mol. The number of ether oxygens (including phenoxy) is 1. The van der Waals surface area contributed by atoms with Crippen LogP contribution in [0, 0.1) is 0 Å². The van der Waals surface area contributed by atoms with Crippen LogP contribution in [0.5, 0.6) is 5.75 Å². The first-order chi connectivity index (χ1) is 9.15. The molecule has 0 aliphatic heterocycles. The summed E-state index contributed by atoms with van der Waals surface area (Å²) in [6.45, 7) is 0.154. The summed E-state index contributed by atoms with van der Waals surface area (Å²) in [4.78, 5) is 15.5. The van der Waals surface area contributed by atoms with Gasteiger partial charge in [-0.15, -0.1) is 0 Å². The number of halogens is 1. The Morgan fingerprint density at radius 2 is 2.00 bits per heavy atom. The molecule has 0 saturated carbocycles. The second kappa shape index (κ2) is 6.19. The highest BCUT2D eigenvalue weighted by Crippen LogP contribution is 2.22. The van der Waals surface area contributed by atoms with Gasteiger partial charge in [0.2, 0.25) is 0 Å². The zero-order valence-electron chi connectivity index (χ0n) is 9.84. The Hall–Kier alpha value is -2.08. The SMILES string of the molecule is O=C(Nc1nc(Br)ccc1O)OCc1ccccc1. The van der Waals surface area contributed by atoms with Crippen molar-refractivity contribution in [2.45, 2.75) is 6.61 Å². The van der Waals surface area contributed by atoms with Gasteiger partial charge in [-0.1, -0.05) is 30.3 Å². The highest BCUT2D eigenvalue weighted by atomic mass is 79.9. The van der Waals surface area contributed by atoms with Gasteiger partial charge in [0.25, 0.3) is 0 Å². The minimum Gasteiger partial charge on any atom is -0.504 e. The molecule has 98 valence electrons. The fourth-order valence-corrected chi connectivity index (χ4v) is 1.69. The number of aromatic nitrogens is 1. The molecule has 0 fully saturated rings. The third-order valence-corrected chi connectivity index (χ3v) is 2.71. The maximum Gasteiger partial charge on any atom is 0.413 e. The van der Waals surface area contributed by atoms with Gasteiger partial charge in [0.15, 0.2) is 11.6 Å². The van der Waals surface area contributed by atoms with Crippen molar-refractivity contribution in [3.63, 3.8) is 0 Å². The molecule has 0 bridgehead atoms. The van der Waals surface area contributed by atoms with E-state index < -0.39 is 6.09 Å². The molecule has 2 N–H and O–H groups in total. The van der Waals surface area contributed by atoms with Gasteiger partial charge in [-0.3, -0.25) is 5.32 Å². The van der Waals surface area contributed by atoms with E-state index in [2.05, 4.69) is 26.2 Å². The molecule has 19 heavy (non-hydrogen) atoms. The van der Waals surface area contributed by atoms with E-state index in [-0.39, 0.29) is 18.2 Å². The minimum absolute atomic E-state index is 0.0486. The first-order valence-electron chi connectivity index (χ1n) is 5.48. The van der Waals surface area contributed by atoms with E-state index >= 15 is 0 Å². The van der Waals surface area contributed by atoms with Crippen LogP contribution in [0.25, 0.3) is 0 Å². The molecule has 5 nitrogen and oxygen atoms in total. The average molecular weight is 323 g/mol. The summed E-state index contributed by atoms with van der Waals surface area (Å²) in [7, 11) is 0. The molecule has 6 heteroatoms. The predicted octanol–water partition coefficient (Wildman–Crippen LogP) is 3.30. The fraction of sp³-hybridized carbons (Fsp3) is 0.0769. The summed E-state index contributed by atoms with van der Waals surface area (Å²) in [6.07, 6.45) is -0.676. The second-order valence-electron chi connectivity index (χ2n) is 3.69. The van der Waals surface area contributed by atoms with Crippen molar-refractivity contribution < 1.29 is 14.6 Å². The highest BCUT2D eigenvalue weighted by molar-refractivity contribution is 9.10. The van der Waals surface area contributed by atoms with Crippen LogP contribution in [0.15, 0.2) is 47.1 Å². The molecule has 1 heterocycles. The van der Waals surface area contributed by atoms with Gasteiger partial charge in [-0.2, -0.15) is 0 Å². The summed E-state index contributed by atoms with van der Waals surface area (Å²) in [5, 5.41) is 11.9. The summed E-state index contributed by atoms with van der Waals surface area (Å²) in [6, 6.07) is 12.3. The molecule has 0 aliphatic carbocycles. The Morgan fingerprint density at radius 3 is 2.74 bits per heavy atom. The van der Waals surface area contributed by atoms with E-state index in [1.165, 1.54) is 6.07 Å². The van der Waals surface area contributed by atoms with Gasteiger partial charge >= 0.3 is 6.09 Å². The Morgan fingerprint density at radius 1 is 1.26 bits per heavy atom. The largest absolute Gasteiger partial charge is 0.504 e. The number of carbonyl (C=O) groups is 1. The van der Waals surface area contributed by atoms with Crippen LogP contribution in [0.2, 0.25) is 0 Å². The molecule has 1 aromatic heterocycles. The molecule has 0 unspecified atom stereocenters. The lowest BCUT2D eigenvalue weighted by molar-refractivity contribution is 0.155. The molecule has 0 radical (unpaired) electrons. The normalized spacial score (nSPS) is 9.95. The summed E-state index contributed by atoms with van der Waals surface area (Å²) < 4.78 is 5.51. The highest BCUT2D eigenvalue weighted by Gasteiger charge is 2.09. The number of carbonyl (C=O) groups excluding carboxylic acids is 1. The molecule has 0 saturated heterocycles. The maximum absolute atomic E-state index is 11.5. The van der Waals surface area contributed by atoms with E-state index in [1.807, 2.05) is 30.3 Å². The zero-order valence-corrected chi connectivity index (χ0v) is 11.4. The van der Waals surface area contributed by atoms with Crippen molar-refractivity contribution in [3.8, 4) is 5.75 Å². The molecule has 2 aromatic rings. The van der Waals surface area contributed by atoms with Crippen molar-refractivity contribution in [3.05, 3.63) is 52.6 Å².